The van der Waals surface area contributed by atoms with Crippen molar-refractivity contribution in [3.05, 3.63) is 0 Å². The average Bonchev–Trinajstić information content (AvgIpc) is 2.31. The highest BCUT2D eigenvalue weighted by Gasteiger charge is 2.19. The average molecular weight is 199 g/mol. The second-order valence-electron chi connectivity index (χ2n) is 4.19. The minimum absolute atomic E-state index is 0.177. The first-order valence-electron chi connectivity index (χ1n) is 5.59. The van der Waals surface area contributed by atoms with Crippen LogP contribution in [0.4, 0.5) is 0 Å². The molecule has 0 aromatic heterocycles. The lowest BCUT2D eigenvalue weighted by Crippen LogP contribution is -2.29. The van der Waals surface area contributed by atoms with Gasteiger partial charge in [-0.15, -0.1) is 0 Å². The Morgan fingerprint density at radius 1 is 1.50 bits per heavy atom. The highest BCUT2D eigenvalue weighted by atomic mass is 16.5. The first-order valence-corrected chi connectivity index (χ1v) is 5.59. The van der Waals surface area contributed by atoms with Crippen LogP contribution < -0.4 is 5.32 Å². The fourth-order valence-electron chi connectivity index (χ4n) is 1.72. The Balaban J connectivity index is 2.23. The Kier molecular flexibility index (Phi) is 4.94. The molecule has 0 aromatic rings. The Morgan fingerprint density at radius 2 is 2.29 bits per heavy atom. The van der Waals surface area contributed by atoms with Gasteiger partial charge in [-0.2, -0.15) is 0 Å². The largest absolute Gasteiger partial charge is 0.379 e. The van der Waals surface area contributed by atoms with Crippen molar-refractivity contribution in [2.24, 2.45) is 5.92 Å². The van der Waals surface area contributed by atoms with Crippen molar-refractivity contribution < 1.29 is 9.53 Å². The second kappa shape index (κ2) is 6.02. The molecule has 1 aliphatic rings. The number of nitrogens with one attached hydrogen (secondary N) is 1. The first-order chi connectivity index (χ1) is 6.70. The quantitative estimate of drug-likeness (QED) is 0.748. The number of ether oxygens (including phenoxy) is 1. The van der Waals surface area contributed by atoms with Gasteiger partial charge in [0, 0.05) is 19.1 Å². The van der Waals surface area contributed by atoms with Crippen LogP contribution in [-0.4, -0.2) is 25.2 Å². The third-order valence-corrected chi connectivity index (χ3v) is 2.57. The van der Waals surface area contributed by atoms with E-state index in [1.165, 1.54) is 0 Å². The maximum absolute atomic E-state index is 11.5. The molecule has 0 bridgehead atoms. The van der Waals surface area contributed by atoms with Crippen LogP contribution in [0.15, 0.2) is 0 Å². The topological polar surface area (TPSA) is 38.3 Å². The monoisotopic (exact) mass is 199 g/mol. The summed E-state index contributed by atoms with van der Waals surface area (Å²) in [5.41, 5.74) is 0. The minimum Gasteiger partial charge on any atom is -0.379 e. The van der Waals surface area contributed by atoms with E-state index in [1.807, 2.05) is 13.8 Å². The summed E-state index contributed by atoms with van der Waals surface area (Å²) in [6.07, 6.45) is 4.43. The Morgan fingerprint density at radius 3 is 3.00 bits per heavy atom. The van der Waals surface area contributed by atoms with Crippen molar-refractivity contribution in [3.8, 4) is 0 Å². The molecule has 1 N–H and O–H groups in total. The number of carbonyl (C=O) groups is 1. The van der Waals surface area contributed by atoms with Gasteiger partial charge >= 0.3 is 0 Å². The van der Waals surface area contributed by atoms with E-state index in [0.717, 1.165) is 32.2 Å². The summed E-state index contributed by atoms with van der Waals surface area (Å²) >= 11 is 0. The van der Waals surface area contributed by atoms with Crippen LogP contribution in [0.3, 0.4) is 0 Å². The maximum Gasteiger partial charge on any atom is 0.223 e. The molecule has 1 aliphatic heterocycles. The number of rotatable bonds is 4. The fraction of sp³-hybridized carbons (Fsp3) is 0.909. The molecule has 0 saturated carbocycles. The van der Waals surface area contributed by atoms with Crippen molar-refractivity contribution in [2.75, 3.05) is 13.2 Å². The summed E-state index contributed by atoms with van der Waals surface area (Å²) in [6, 6.07) is 0. The molecule has 82 valence electrons. The van der Waals surface area contributed by atoms with Gasteiger partial charge in [-0.25, -0.2) is 0 Å². The second-order valence-corrected chi connectivity index (χ2v) is 4.19. The van der Waals surface area contributed by atoms with Crippen LogP contribution >= 0.6 is 0 Å². The molecule has 3 nitrogen and oxygen atoms in total. The van der Waals surface area contributed by atoms with E-state index in [-0.39, 0.29) is 17.9 Å². The van der Waals surface area contributed by atoms with E-state index < -0.39 is 0 Å². The van der Waals surface area contributed by atoms with Crippen molar-refractivity contribution in [1.29, 1.82) is 0 Å². The van der Waals surface area contributed by atoms with Crippen LogP contribution in [0.5, 0.6) is 0 Å². The van der Waals surface area contributed by atoms with Crippen LogP contribution in [-0.2, 0) is 9.53 Å². The molecule has 0 aromatic carbocycles. The van der Waals surface area contributed by atoms with Crippen molar-refractivity contribution in [1.82, 2.24) is 5.32 Å². The highest BCUT2D eigenvalue weighted by molar-refractivity contribution is 5.78. The van der Waals surface area contributed by atoms with Crippen LogP contribution in [0.1, 0.15) is 39.5 Å². The van der Waals surface area contributed by atoms with Gasteiger partial charge in [0.15, 0.2) is 0 Å². The SMILES string of the molecule is CC(C)OCCC1CCCCNC1=O. The summed E-state index contributed by atoms with van der Waals surface area (Å²) in [5.74, 6) is 0.395. The van der Waals surface area contributed by atoms with E-state index in [2.05, 4.69) is 5.32 Å². The molecule has 0 radical (unpaired) electrons. The molecule has 1 atom stereocenters. The predicted octanol–water partition coefficient (Wildman–Crippen LogP) is 1.72. The summed E-state index contributed by atoms with van der Waals surface area (Å²) in [6.45, 7) is 5.59. The van der Waals surface area contributed by atoms with Gasteiger partial charge in [-0.05, 0) is 33.1 Å². The van der Waals surface area contributed by atoms with Gasteiger partial charge in [-0.3, -0.25) is 4.79 Å². The molecule has 0 aliphatic carbocycles. The van der Waals surface area contributed by atoms with Gasteiger partial charge < -0.3 is 10.1 Å². The molecule has 0 spiro atoms. The van der Waals surface area contributed by atoms with Crippen molar-refractivity contribution in [2.45, 2.75) is 45.6 Å². The van der Waals surface area contributed by atoms with Gasteiger partial charge in [-0.1, -0.05) is 6.42 Å². The van der Waals surface area contributed by atoms with Gasteiger partial charge in [0.05, 0.1) is 6.10 Å². The number of amides is 1. The predicted molar refractivity (Wildman–Crippen MR) is 56.1 cm³/mol. The lowest BCUT2D eigenvalue weighted by atomic mass is 9.99. The standard InChI is InChI=1S/C11H21NO2/c1-9(2)14-8-6-10-5-3-4-7-12-11(10)13/h9-10H,3-8H2,1-2H3,(H,12,13). The Bertz CT molecular complexity index is 180. The smallest absolute Gasteiger partial charge is 0.223 e. The van der Waals surface area contributed by atoms with Crippen LogP contribution in [0, 0.1) is 5.92 Å². The molecular weight excluding hydrogens is 178 g/mol. The number of carbonyl (C=O) groups excluding carboxylic acids is 1. The third-order valence-electron chi connectivity index (χ3n) is 2.57. The van der Waals surface area contributed by atoms with Gasteiger partial charge in [0.1, 0.15) is 0 Å². The zero-order valence-electron chi connectivity index (χ0n) is 9.21. The lowest BCUT2D eigenvalue weighted by molar-refractivity contribution is -0.125. The molecule has 1 amide bonds. The summed E-state index contributed by atoms with van der Waals surface area (Å²) in [7, 11) is 0. The molecular formula is C11H21NO2. The lowest BCUT2D eigenvalue weighted by Gasteiger charge is -2.14. The van der Waals surface area contributed by atoms with E-state index >= 15 is 0 Å². The van der Waals surface area contributed by atoms with Gasteiger partial charge in [0.25, 0.3) is 0 Å². The molecule has 1 fully saturated rings. The van der Waals surface area contributed by atoms with E-state index in [9.17, 15) is 4.79 Å². The third kappa shape index (κ3) is 4.09. The van der Waals surface area contributed by atoms with Crippen molar-refractivity contribution in [3.63, 3.8) is 0 Å². The zero-order chi connectivity index (χ0) is 10.4. The summed E-state index contributed by atoms with van der Waals surface area (Å²) < 4.78 is 5.45. The molecule has 3 heteroatoms. The molecule has 1 heterocycles. The van der Waals surface area contributed by atoms with Gasteiger partial charge in [0.2, 0.25) is 5.91 Å². The van der Waals surface area contributed by atoms with Crippen molar-refractivity contribution >= 4 is 5.91 Å². The number of hydrogen-bond donors (Lipinski definition) is 1. The summed E-state index contributed by atoms with van der Waals surface area (Å²) in [4.78, 5) is 11.5. The first kappa shape index (κ1) is 11.5. The number of hydrogen-bond acceptors (Lipinski definition) is 2. The van der Waals surface area contributed by atoms with E-state index in [4.69, 9.17) is 4.74 Å². The maximum atomic E-state index is 11.5. The minimum atomic E-state index is 0.177. The highest BCUT2D eigenvalue weighted by Crippen LogP contribution is 2.16. The summed E-state index contributed by atoms with van der Waals surface area (Å²) in [5, 5.41) is 2.94. The Labute approximate surface area is 86.2 Å². The molecule has 14 heavy (non-hydrogen) atoms. The molecule has 1 unspecified atom stereocenters. The normalized spacial score (nSPS) is 23.4. The van der Waals surface area contributed by atoms with E-state index in [1.54, 1.807) is 0 Å². The van der Waals surface area contributed by atoms with E-state index in [0.29, 0.717) is 6.61 Å². The Hall–Kier alpha value is -0.570. The van der Waals surface area contributed by atoms with Crippen LogP contribution in [0.2, 0.25) is 0 Å². The zero-order valence-corrected chi connectivity index (χ0v) is 9.21. The molecule has 1 saturated heterocycles. The fourth-order valence-corrected chi connectivity index (χ4v) is 1.72. The van der Waals surface area contributed by atoms with Crippen LogP contribution in [0.25, 0.3) is 0 Å². The molecule has 1 rings (SSSR count).